The highest BCUT2D eigenvalue weighted by atomic mass is 16.5. The van der Waals surface area contributed by atoms with E-state index < -0.39 is 6.17 Å². The zero-order valence-corrected chi connectivity index (χ0v) is 12.7. The third kappa shape index (κ3) is 9.91. The molecule has 19 heavy (non-hydrogen) atoms. The highest BCUT2D eigenvalue weighted by Crippen LogP contribution is 2.11. The zero-order chi connectivity index (χ0) is 14.5. The lowest BCUT2D eigenvalue weighted by Crippen LogP contribution is -2.41. The molecule has 0 saturated carbocycles. The molecule has 4 nitrogen and oxygen atoms in total. The van der Waals surface area contributed by atoms with E-state index in [1.165, 1.54) is 38.5 Å². The van der Waals surface area contributed by atoms with Gasteiger partial charge in [-0.2, -0.15) is 0 Å². The average molecular weight is 271 g/mol. The van der Waals surface area contributed by atoms with Crippen molar-refractivity contribution in [3.8, 4) is 0 Å². The molecule has 0 rings (SSSR count). The number of hydrogen-bond donors (Lipinski definition) is 1. The molecule has 0 bridgehead atoms. The maximum atomic E-state index is 11.5. The van der Waals surface area contributed by atoms with Gasteiger partial charge >= 0.3 is 0 Å². The largest absolute Gasteiger partial charge is 0.755 e. The average Bonchev–Trinajstić information content (AvgIpc) is 2.43. The summed E-state index contributed by atoms with van der Waals surface area (Å²) in [6, 6.07) is 0. The van der Waals surface area contributed by atoms with E-state index in [9.17, 15) is 10.0 Å². The molecule has 2 N–H and O–H groups in total. The number of carbonyl (C=O) groups excluding carboxylic acids is 1. The molecule has 114 valence electrons. The molecule has 4 heteroatoms. The van der Waals surface area contributed by atoms with Crippen molar-refractivity contribution in [3.05, 3.63) is 5.21 Å². The van der Waals surface area contributed by atoms with Crippen molar-refractivity contribution in [2.75, 3.05) is 0 Å². The molecule has 1 amide bonds. The molecule has 0 aromatic heterocycles. The summed E-state index contributed by atoms with van der Waals surface area (Å²) in [4.78, 5) is 11.5. The van der Waals surface area contributed by atoms with E-state index in [0.29, 0.717) is 17.9 Å². The smallest absolute Gasteiger partial charge is 0.213 e. The number of carbonyl (C=O) groups is 1. The number of nitrogens with zero attached hydrogens (tertiary/aromatic N) is 1. The van der Waals surface area contributed by atoms with Gasteiger partial charge in [0.15, 0.2) is 0 Å². The molecule has 0 radical (unpaired) electrons. The first-order valence-corrected chi connectivity index (χ1v) is 7.88. The van der Waals surface area contributed by atoms with Gasteiger partial charge in [0.1, 0.15) is 0 Å². The van der Waals surface area contributed by atoms with Gasteiger partial charge in [-0.05, 0) is 12.8 Å². The normalized spacial score (nSPS) is 12.4. The minimum Gasteiger partial charge on any atom is -0.755 e. The van der Waals surface area contributed by atoms with E-state index in [2.05, 4.69) is 6.92 Å². The lowest BCUT2D eigenvalue weighted by Gasteiger charge is -2.33. The van der Waals surface area contributed by atoms with Crippen LogP contribution in [-0.2, 0) is 4.79 Å². The third-order valence-electron chi connectivity index (χ3n) is 3.46. The van der Waals surface area contributed by atoms with Crippen LogP contribution in [0, 0.1) is 5.21 Å². The Balaban J connectivity index is 3.36. The van der Waals surface area contributed by atoms with E-state index in [0.717, 1.165) is 19.3 Å². The topological polar surface area (TPSA) is 69.4 Å². The van der Waals surface area contributed by atoms with Gasteiger partial charge in [0, 0.05) is 6.42 Å². The number of hydrogen-bond acceptors (Lipinski definition) is 3. The van der Waals surface area contributed by atoms with Crippen LogP contribution in [0.25, 0.3) is 0 Å². The second kappa shape index (κ2) is 12.4. The second-order valence-corrected chi connectivity index (χ2v) is 5.27. The minimum atomic E-state index is -0.675. The molecule has 0 heterocycles. The molecule has 0 aromatic carbocycles. The Morgan fingerprint density at radius 1 is 1.00 bits per heavy atom. The molecule has 0 aliphatic rings. The van der Waals surface area contributed by atoms with Gasteiger partial charge in [0.25, 0.3) is 0 Å². The Hall–Kier alpha value is -0.610. The molecule has 1 unspecified atom stereocenters. The SMILES string of the molecule is CCCCCCCCCCCC(=O)N([O-])C(N)CC. The molecule has 0 saturated heterocycles. The molecule has 0 aliphatic carbocycles. The quantitative estimate of drug-likeness (QED) is 0.332. The Kier molecular flexibility index (Phi) is 12.0. The number of hydroxylamine groups is 2. The van der Waals surface area contributed by atoms with Crippen LogP contribution < -0.4 is 5.73 Å². The zero-order valence-electron chi connectivity index (χ0n) is 12.7. The Morgan fingerprint density at radius 2 is 1.47 bits per heavy atom. The molecule has 0 aliphatic heterocycles. The van der Waals surface area contributed by atoms with Gasteiger partial charge in [-0.3, -0.25) is 4.79 Å². The van der Waals surface area contributed by atoms with Crippen LogP contribution in [0.15, 0.2) is 0 Å². The van der Waals surface area contributed by atoms with E-state index in [-0.39, 0.29) is 5.91 Å². The van der Waals surface area contributed by atoms with Crippen LogP contribution in [0.2, 0.25) is 0 Å². The summed E-state index contributed by atoms with van der Waals surface area (Å²) < 4.78 is 0. The molecule has 0 aromatic rings. The van der Waals surface area contributed by atoms with Crippen molar-refractivity contribution in [1.29, 1.82) is 0 Å². The fourth-order valence-corrected chi connectivity index (χ4v) is 2.05. The van der Waals surface area contributed by atoms with Gasteiger partial charge < -0.3 is 16.0 Å². The van der Waals surface area contributed by atoms with Crippen molar-refractivity contribution in [2.45, 2.75) is 90.6 Å². The van der Waals surface area contributed by atoms with Gasteiger partial charge in [-0.1, -0.05) is 65.2 Å². The van der Waals surface area contributed by atoms with Crippen LogP contribution in [0.1, 0.15) is 84.5 Å². The summed E-state index contributed by atoms with van der Waals surface area (Å²) in [5, 5.41) is 11.8. The Morgan fingerprint density at radius 3 is 1.95 bits per heavy atom. The van der Waals surface area contributed by atoms with Crippen molar-refractivity contribution in [3.63, 3.8) is 0 Å². The summed E-state index contributed by atoms with van der Waals surface area (Å²) in [5.74, 6) is -0.364. The summed E-state index contributed by atoms with van der Waals surface area (Å²) in [7, 11) is 0. The maximum absolute atomic E-state index is 11.5. The van der Waals surface area contributed by atoms with Crippen LogP contribution >= 0.6 is 0 Å². The predicted molar refractivity (Wildman–Crippen MR) is 80.3 cm³/mol. The predicted octanol–water partition coefficient (Wildman–Crippen LogP) is 3.93. The molecule has 0 spiro atoms. The molecule has 0 fully saturated rings. The number of amides is 1. The fraction of sp³-hybridized carbons (Fsp3) is 0.933. The Bertz CT molecular complexity index is 222. The second-order valence-electron chi connectivity index (χ2n) is 5.27. The first-order chi connectivity index (χ1) is 9.13. The third-order valence-corrected chi connectivity index (χ3v) is 3.46. The van der Waals surface area contributed by atoms with Crippen molar-refractivity contribution >= 4 is 5.91 Å². The van der Waals surface area contributed by atoms with E-state index in [1.54, 1.807) is 6.92 Å². The highest BCUT2D eigenvalue weighted by Gasteiger charge is 2.08. The first kappa shape index (κ1) is 18.4. The highest BCUT2D eigenvalue weighted by molar-refractivity contribution is 5.76. The number of unbranched alkanes of at least 4 members (excludes halogenated alkanes) is 8. The van der Waals surface area contributed by atoms with Gasteiger partial charge in [-0.15, -0.1) is 0 Å². The van der Waals surface area contributed by atoms with Crippen LogP contribution in [0.5, 0.6) is 0 Å². The van der Waals surface area contributed by atoms with E-state index in [1.807, 2.05) is 0 Å². The summed E-state index contributed by atoms with van der Waals surface area (Å²) in [6.45, 7) is 4.03. The minimum absolute atomic E-state index is 0.340. The fourth-order valence-electron chi connectivity index (χ4n) is 2.05. The lowest BCUT2D eigenvalue weighted by molar-refractivity contribution is -0.130. The molecular formula is C15H31N2O2-. The van der Waals surface area contributed by atoms with Crippen molar-refractivity contribution < 1.29 is 4.79 Å². The van der Waals surface area contributed by atoms with Gasteiger partial charge in [0.2, 0.25) is 5.91 Å². The number of nitrogens with two attached hydrogens (primary N) is 1. The summed E-state index contributed by atoms with van der Waals surface area (Å²) in [6.07, 6.45) is 11.0. The van der Waals surface area contributed by atoms with E-state index >= 15 is 0 Å². The molecular weight excluding hydrogens is 240 g/mol. The van der Waals surface area contributed by atoms with Crippen LogP contribution in [0.4, 0.5) is 0 Å². The molecule has 1 atom stereocenters. The summed E-state index contributed by atoms with van der Waals surface area (Å²) in [5.41, 5.74) is 5.52. The maximum Gasteiger partial charge on any atom is 0.213 e. The summed E-state index contributed by atoms with van der Waals surface area (Å²) >= 11 is 0. The Labute approximate surface area is 118 Å². The first-order valence-electron chi connectivity index (χ1n) is 7.88. The monoisotopic (exact) mass is 271 g/mol. The number of rotatable bonds is 12. The van der Waals surface area contributed by atoms with Gasteiger partial charge in [-0.25, -0.2) is 0 Å². The lowest BCUT2D eigenvalue weighted by atomic mass is 10.1. The van der Waals surface area contributed by atoms with E-state index in [4.69, 9.17) is 5.73 Å². The van der Waals surface area contributed by atoms with Crippen molar-refractivity contribution in [1.82, 2.24) is 5.06 Å². The van der Waals surface area contributed by atoms with Crippen LogP contribution in [0.3, 0.4) is 0 Å². The standard InChI is InChI=1S/C15H31N2O2/c1-3-5-6-7-8-9-10-11-12-13-15(18)17(19)14(16)4-2/h14H,3-13,16H2,1-2H3/q-1. The van der Waals surface area contributed by atoms with Gasteiger partial charge in [0.05, 0.1) is 6.17 Å². The van der Waals surface area contributed by atoms with Crippen LogP contribution in [-0.4, -0.2) is 17.1 Å². The van der Waals surface area contributed by atoms with Crippen molar-refractivity contribution in [2.24, 2.45) is 5.73 Å².